The van der Waals surface area contributed by atoms with Crippen molar-refractivity contribution in [3.63, 3.8) is 0 Å². The molecule has 1 aliphatic rings. The number of rotatable bonds is 6. The third-order valence-electron chi connectivity index (χ3n) is 6.20. The van der Waals surface area contributed by atoms with Crippen LogP contribution in [0.25, 0.3) is 27.8 Å². The van der Waals surface area contributed by atoms with Gasteiger partial charge in [-0.1, -0.05) is 60.3 Å². The van der Waals surface area contributed by atoms with E-state index in [1.54, 1.807) is 12.1 Å². The minimum Gasteiger partial charge on any atom is -0.325 e. The smallest absolute Gasteiger partial charge is 0.263 e. The third-order valence-corrected chi connectivity index (χ3v) is 7.13. The normalized spacial score (nSPS) is 12.0. The van der Waals surface area contributed by atoms with Crippen molar-refractivity contribution in [2.24, 2.45) is 0 Å². The molecule has 0 aliphatic heterocycles. The van der Waals surface area contributed by atoms with E-state index in [9.17, 15) is 9.59 Å². The van der Waals surface area contributed by atoms with Crippen molar-refractivity contribution < 1.29 is 4.79 Å². The molecule has 5 aromatic rings. The Kier molecular flexibility index (Phi) is 5.22. The molecule has 7 nitrogen and oxygen atoms in total. The van der Waals surface area contributed by atoms with Crippen LogP contribution in [0.5, 0.6) is 0 Å². The molecule has 0 bridgehead atoms. The molecule has 3 aromatic carbocycles. The predicted molar refractivity (Wildman–Crippen MR) is 139 cm³/mol. The maximum Gasteiger partial charge on any atom is 0.263 e. The van der Waals surface area contributed by atoms with Crippen LogP contribution in [-0.2, 0) is 17.8 Å². The van der Waals surface area contributed by atoms with Gasteiger partial charge in [-0.25, -0.2) is 0 Å². The van der Waals surface area contributed by atoms with Crippen molar-refractivity contribution in [1.82, 2.24) is 19.2 Å². The van der Waals surface area contributed by atoms with Crippen LogP contribution < -0.4 is 10.9 Å². The number of carbonyl (C=O) groups excluding carboxylic acids is 1. The van der Waals surface area contributed by atoms with Crippen LogP contribution in [0.3, 0.4) is 0 Å². The van der Waals surface area contributed by atoms with Gasteiger partial charge in [0.15, 0.2) is 5.16 Å². The van der Waals surface area contributed by atoms with Gasteiger partial charge in [-0.05, 0) is 52.9 Å². The Bertz CT molecular complexity index is 1700. The standard InChI is InChI=1S/C27H21N5O2S/c1-2-13-31-25(34)22-9-5-6-10-23(22)32-26(31)29-30-27(32)35-16-24(33)28-19-11-12-21-18(15-19)14-17-7-3-4-8-20(17)21/h2-12,15H,1,13-14,16H2,(H,28,33). The Morgan fingerprint density at radius 1 is 1.03 bits per heavy atom. The summed E-state index contributed by atoms with van der Waals surface area (Å²) < 4.78 is 3.36. The van der Waals surface area contributed by atoms with Gasteiger partial charge < -0.3 is 5.32 Å². The maximum atomic E-state index is 12.9. The minimum absolute atomic E-state index is 0.133. The van der Waals surface area contributed by atoms with E-state index >= 15 is 0 Å². The summed E-state index contributed by atoms with van der Waals surface area (Å²) in [6.07, 6.45) is 2.52. The fourth-order valence-corrected chi connectivity index (χ4v) is 5.41. The van der Waals surface area contributed by atoms with Gasteiger partial charge in [-0.3, -0.25) is 18.6 Å². The molecule has 2 aromatic heterocycles. The summed E-state index contributed by atoms with van der Waals surface area (Å²) >= 11 is 1.28. The summed E-state index contributed by atoms with van der Waals surface area (Å²) in [4.78, 5) is 25.7. The molecule has 2 heterocycles. The van der Waals surface area contributed by atoms with E-state index in [0.29, 0.717) is 28.4 Å². The van der Waals surface area contributed by atoms with E-state index in [-0.39, 0.29) is 17.2 Å². The van der Waals surface area contributed by atoms with E-state index in [0.717, 1.165) is 12.1 Å². The lowest BCUT2D eigenvalue weighted by Gasteiger charge is -2.10. The number of benzene rings is 3. The molecule has 1 N–H and O–H groups in total. The van der Waals surface area contributed by atoms with Crippen LogP contribution >= 0.6 is 11.8 Å². The molecule has 0 spiro atoms. The Morgan fingerprint density at radius 3 is 2.71 bits per heavy atom. The average molecular weight is 480 g/mol. The number of fused-ring (bicyclic) bond motifs is 6. The van der Waals surface area contributed by atoms with E-state index in [2.05, 4.69) is 52.4 Å². The first-order valence-corrected chi connectivity index (χ1v) is 12.2. The second kappa shape index (κ2) is 8.56. The van der Waals surface area contributed by atoms with Gasteiger partial charge in [-0.2, -0.15) is 0 Å². The molecule has 0 unspecified atom stereocenters. The number of nitrogens with zero attached hydrogens (tertiary/aromatic N) is 4. The molecule has 1 amide bonds. The van der Waals surface area contributed by atoms with Gasteiger partial charge in [0.25, 0.3) is 5.56 Å². The number of carbonyl (C=O) groups is 1. The second-order valence-corrected chi connectivity index (χ2v) is 9.32. The largest absolute Gasteiger partial charge is 0.325 e. The molecule has 35 heavy (non-hydrogen) atoms. The number of anilines is 1. The predicted octanol–water partition coefficient (Wildman–Crippen LogP) is 4.53. The lowest BCUT2D eigenvalue weighted by atomic mass is 10.1. The number of hydrogen-bond donors (Lipinski definition) is 1. The van der Waals surface area contributed by atoms with Crippen molar-refractivity contribution in [2.45, 2.75) is 18.1 Å². The first-order chi connectivity index (χ1) is 17.1. The zero-order valence-electron chi connectivity index (χ0n) is 18.8. The Labute approximate surface area is 205 Å². The summed E-state index contributed by atoms with van der Waals surface area (Å²) in [6, 6.07) is 21.8. The molecular formula is C27H21N5O2S. The maximum absolute atomic E-state index is 12.9. The summed E-state index contributed by atoms with van der Waals surface area (Å²) in [5, 5.41) is 12.6. The minimum atomic E-state index is -0.145. The monoisotopic (exact) mass is 479 g/mol. The summed E-state index contributed by atoms with van der Waals surface area (Å²) in [5.74, 6) is 0.452. The van der Waals surface area contributed by atoms with Gasteiger partial charge in [0.2, 0.25) is 11.7 Å². The lowest BCUT2D eigenvalue weighted by molar-refractivity contribution is -0.113. The third kappa shape index (κ3) is 3.63. The number of aromatic nitrogens is 4. The van der Waals surface area contributed by atoms with Crippen molar-refractivity contribution in [3.05, 3.63) is 101 Å². The van der Waals surface area contributed by atoms with Crippen molar-refractivity contribution in [2.75, 3.05) is 11.1 Å². The fraction of sp³-hybridized carbons (Fsp3) is 0.111. The fourth-order valence-electron chi connectivity index (χ4n) is 4.67. The summed E-state index contributed by atoms with van der Waals surface area (Å²) in [6.45, 7) is 4.07. The van der Waals surface area contributed by atoms with E-state index in [1.807, 2.05) is 34.7 Å². The molecule has 0 saturated heterocycles. The quantitative estimate of drug-likeness (QED) is 0.280. The Balaban J connectivity index is 1.24. The van der Waals surface area contributed by atoms with Crippen molar-refractivity contribution >= 4 is 40.0 Å². The lowest BCUT2D eigenvalue weighted by Crippen LogP contribution is -2.22. The van der Waals surface area contributed by atoms with Crippen molar-refractivity contribution in [3.8, 4) is 11.1 Å². The van der Waals surface area contributed by atoms with Gasteiger partial charge in [0.05, 0.1) is 16.7 Å². The summed E-state index contributed by atoms with van der Waals surface area (Å²) in [5.41, 5.74) is 6.34. The van der Waals surface area contributed by atoms with Gasteiger partial charge in [-0.15, -0.1) is 16.8 Å². The summed E-state index contributed by atoms with van der Waals surface area (Å²) in [7, 11) is 0. The number of allylic oxidation sites excluding steroid dienone is 1. The zero-order valence-corrected chi connectivity index (χ0v) is 19.6. The first kappa shape index (κ1) is 21.4. The van der Waals surface area contributed by atoms with Crippen LogP contribution in [0, 0.1) is 0 Å². The number of thioether (sulfide) groups is 1. The number of para-hydroxylation sites is 1. The molecule has 172 valence electrons. The Morgan fingerprint density at radius 2 is 1.83 bits per heavy atom. The first-order valence-electron chi connectivity index (χ1n) is 11.3. The van der Waals surface area contributed by atoms with Gasteiger partial charge >= 0.3 is 0 Å². The Hall–Kier alpha value is -4.17. The highest BCUT2D eigenvalue weighted by Crippen LogP contribution is 2.37. The van der Waals surface area contributed by atoms with Crippen LogP contribution in [0.2, 0.25) is 0 Å². The highest BCUT2D eigenvalue weighted by atomic mass is 32.2. The molecule has 1 aliphatic carbocycles. The topological polar surface area (TPSA) is 81.3 Å². The number of amides is 1. The highest BCUT2D eigenvalue weighted by molar-refractivity contribution is 7.99. The molecule has 8 heteroatoms. The number of nitrogens with one attached hydrogen (secondary N) is 1. The average Bonchev–Trinajstić information content (AvgIpc) is 3.46. The molecule has 0 atom stereocenters. The number of hydrogen-bond acceptors (Lipinski definition) is 5. The SMILES string of the molecule is C=CCn1c(=O)c2ccccc2n2c(SCC(=O)Nc3ccc4c(c3)Cc3ccccc3-4)nnc12. The van der Waals surface area contributed by atoms with Crippen LogP contribution in [0.4, 0.5) is 5.69 Å². The molecular weight excluding hydrogens is 458 g/mol. The van der Waals surface area contributed by atoms with Gasteiger partial charge in [0.1, 0.15) is 0 Å². The van der Waals surface area contributed by atoms with E-state index in [1.165, 1.54) is 38.6 Å². The highest BCUT2D eigenvalue weighted by Gasteiger charge is 2.19. The molecule has 6 rings (SSSR count). The molecule has 0 saturated carbocycles. The van der Waals surface area contributed by atoms with E-state index in [4.69, 9.17) is 0 Å². The van der Waals surface area contributed by atoms with E-state index < -0.39 is 0 Å². The van der Waals surface area contributed by atoms with Gasteiger partial charge in [0, 0.05) is 12.2 Å². The van der Waals surface area contributed by atoms with Crippen molar-refractivity contribution in [1.29, 1.82) is 0 Å². The second-order valence-electron chi connectivity index (χ2n) is 8.38. The zero-order chi connectivity index (χ0) is 23.9. The molecule has 0 radical (unpaired) electrons. The molecule has 0 fully saturated rings. The van der Waals surface area contributed by atoms with Crippen LogP contribution in [0.1, 0.15) is 11.1 Å². The van der Waals surface area contributed by atoms with Crippen LogP contribution in [0.15, 0.2) is 89.3 Å². The van der Waals surface area contributed by atoms with Crippen LogP contribution in [-0.4, -0.2) is 30.8 Å².